The molecule has 0 amide bonds. The van der Waals surface area contributed by atoms with Crippen molar-refractivity contribution in [1.29, 1.82) is 0 Å². The molecule has 1 aliphatic heterocycles. The molecule has 0 bridgehead atoms. The van der Waals surface area contributed by atoms with Gasteiger partial charge in [0, 0.05) is 11.6 Å². The summed E-state index contributed by atoms with van der Waals surface area (Å²) in [5, 5.41) is 4.12. The van der Waals surface area contributed by atoms with E-state index in [2.05, 4.69) is 5.32 Å². The first kappa shape index (κ1) is 10.9. The highest BCUT2D eigenvalue weighted by Crippen LogP contribution is 2.17. The van der Waals surface area contributed by atoms with Crippen molar-refractivity contribution in [2.75, 3.05) is 13.1 Å². The average Bonchev–Trinajstić information content (AvgIpc) is 2.29. The molecule has 0 aliphatic carbocycles. The number of hydrogen-bond acceptors (Lipinski definition) is 2. The predicted molar refractivity (Wildman–Crippen MR) is 62.1 cm³/mol. The summed E-state index contributed by atoms with van der Waals surface area (Å²) >= 11 is 6.05. The maximum atomic E-state index is 6.05. The van der Waals surface area contributed by atoms with Crippen molar-refractivity contribution in [3.63, 3.8) is 0 Å². The summed E-state index contributed by atoms with van der Waals surface area (Å²) in [6.07, 6.45) is 2.69. The summed E-state index contributed by atoms with van der Waals surface area (Å²) in [5.41, 5.74) is 1.07. The van der Waals surface area contributed by atoms with Gasteiger partial charge in [0.05, 0.1) is 12.7 Å². The number of halogens is 1. The third-order valence-corrected chi connectivity index (χ3v) is 3.05. The lowest BCUT2D eigenvalue weighted by Gasteiger charge is -2.23. The summed E-state index contributed by atoms with van der Waals surface area (Å²) in [5.74, 6) is 0. The molecule has 0 spiro atoms. The van der Waals surface area contributed by atoms with Crippen molar-refractivity contribution in [3.8, 4) is 0 Å². The van der Waals surface area contributed by atoms with Gasteiger partial charge in [0.15, 0.2) is 0 Å². The predicted octanol–water partition coefficient (Wildman–Crippen LogP) is 2.61. The third-order valence-electron chi connectivity index (χ3n) is 2.68. The second-order valence-electron chi connectivity index (χ2n) is 3.87. The summed E-state index contributed by atoms with van der Waals surface area (Å²) in [7, 11) is 0. The quantitative estimate of drug-likeness (QED) is 0.854. The van der Waals surface area contributed by atoms with Crippen LogP contribution in [0.4, 0.5) is 0 Å². The van der Waals surface area contributed by atoms with Gasteiger partial charge in [-0.15, -0.1) is 0 Å². The van der Waals surface area contributed by atoms with Gasteiger partial charge >= 0.3 is 0 Å². The summed E-state index contributed by atoms with van der Waals surface area (Å²) in [4.78, 5) is 0. The van der Waals surface area contributed by atoms with Crippen LogP contribution in [0.1, 0.15) is 18.4 Å². The largest absolute Gasteiger partial charge is 0.372 e. The van der Waals surface area contributed by atoms with Crippen molar-refractivity contribution in [3.05, 3.63) is 34.9 Å². The lowest BCUT2D eigenvalue weighted by molar-refractivity contribution is 0.0253. The fourth-order valence-corrected chi connectivity index (χ4v) is 1.98. The van der Waals surface area contributed by atoms with Gasteiger partial charge in [-0.2, -0.15) is 0 Å². The third kappa shape index (κ3) is 3.20. The zero-order chi connectivity index (χ0) is 10.5. The highest BCUT2D eigenvalue weighted by atomic mass is 35.5. The number of ether oxygens (including phenoxy) is 1. The Morgan fingerprint density at radius 3 is 3.00 bits per heavy atom. The molecule has 1 N–H and O–H groups in total. The van der Waals surface area contributed by atoms with Crippen LogP contribution in [0.3, 0.4) is 0 Å². The first-order chi connectivity index (χ1) is 7.36. The second-order valence-corrected chi connectivity index (χ2v) is 4.28. The SMILES string of the molecule is Clc1ccccc1CO[C@@H]1CCCNC1. The highest BCUT2D eigenvalue weighted by molar-refractivity contribution is 6.31. The molecular weight excluding hydrogens is 210 g/mol. The van der Waals surface area contributed by atoms with Gasteiger partial charge in [-0.05, 0) is 31.0 Å². The molecule has 1 aromatic rings. The average molecular weight is 226 g/mol. The number of benzene rings is 1. The van der Waals surface area contributed by atoms with E-state index in [0.717, 1.165) is 30.1 Å². The molecule has 1 heterocycles. The van der Waals surface area contributed by atoms with Gasteiger partial charge in [0.2, 0.25) is 0 Å². The Morgan fingerprint density at radius 1 is 1.40 bits per heavy atom. The summed E-state index contributed by atoms with van der Waals surface area (Å²) in [6.45, 7) is 2.70. The zero-order valence-corrected chi connectivity index (χ0v) is 9.46. The van der Waals surface area contributed by atoms with E-state index in [0.29, 0.717) is 12.7 Å². The van der Waals surface area contributed by atoms with Gasteiger partial charge < -0.3 is 10.1 Å². The standard InChI is InChI=1S/C12H16ClNO/c13-12-6-2-1-4-10(12)9-15-11-5-3-7-14-8-11/h1-2,4,6,11,14H,3,5,7-9H2/t11-/m1/s1. The second kappa shape index (κ2) is 5.50. The van der Waals surface area contributed by atoms with E-state index < -0.39 is 0 Å². The number of rotatable bonds is 3. The monoisotopic (exact) mass is 225 g/mol. The van der Waals surface area contributed by atoms with Crippen LogP contribution < -0.4 is 5.32 Å². The number of hydrogen-bond donors (Lipinski definition) is 1. The van der Waals surface area contributed by atoms with Gasteiger partial charge in [-0.3, -0.25) is 0 Å². The molecule has 15 heavy (non-hydrogen) atoms. The lowest BCUT2D eigenvalue weighted by Crippen LogP contribution is -2.35. The van der Waals surface area contributed by atoms with Gasteiger partial charge in [-0.25, -0.2) is 0 Å². The molecule has 0 radical (unpaired) electrons. The van der Waals surface area contributed by atoms with E-state index in [1.807, 2.05) is 24.3 Å². The Bertz CT molecular complexity index is 310. The molecule has 1 atom stereocenters. The van der Waals surface area contributed by atoms with Crippen LogP contribution in [0, 0.1) is 0 Å². The van der Waals surface area contributed by atoms with E-state index in [-0.39, 0.29) is 0 Å². The van der Waals surface area contributed by atoms with E-state index in [4.69, 9.17) is 16.3 Å². The van der Waals surface area contributed by atoms with Crippen LogP contribution in [0.25, 0.3) is 0 Å². The van der Waals surface area contributed by atoms with Crippen molar-refractivity contribution in [2.45, 2.75) is 25.6 Å². The lowest BCUT2D eigenvalue weighted by atomic mass is 10.1. The minimum atomic E-state index is 0.343. The Balaban J connectivity index is 1.84. The number of piperidine rings is 1. The van der Waals surface area contributed by atoms with Gasteiger partial charge in [-0.1, -0.05) is 29.8 Å². The number of nitrogens with one attached hydrogen (secondary N) is 1. The van der Waals surface area contributed by atoms with Crippen LogP contribution in [0.15, 0.2) is 24.3 Å². The molecule has 0 aromatic heterocycles. The topological polar surface area (TPSA) is 21.3 Å². The molecule has 1 aromatic carbocycles. The van der Waals surface area contributed by atoms with Gasteiger partial charge in [0.1, 0.15) is 0 Å². The van der Waals surface area contributed by atoms with E-state index in [1.165, 1.54) is 6.42 Å². The molecule has 3 heteroatoms. The van der Waals surface area contributed by atoms with E-state index >= 15 is 0 Å². The normalized spacial score (nSPS) is 21.5. The van der Waals surface area contributed by atoms with Crippen molar-refractivity contribution < 1.29 is 4.74 Å². The maximum absolute atomic E-state index is 6.05. The van der Waals surface area contributed by atoms with Gasteiger partial charge in [0.25, 0.3) is 0 Å². The molecule has 2 rings (SSSR count). The van der Waals surface area contributed by atoms with Crippen LogP contribution in [-0.4, -0.2) is 19.2 Å². The van der Waals surface area contributed by atoms with Crippen LogP contribution in [0.2, 0.25) is 5.02 Å². The molecule has 82 valence electrons. The molecule has 1 fully saturated rings. The first-order valence-electron chi connectivity index (χ1n) is 5.42. The minimum Gasteiger partial charge on any atom is -0.372 e. The summed E-state index contributed by atoms with van der Waals surface area (Å²) < 4.78 is 5.80. The Kier molecular flexibility index (Phi) is 4.01. The van der Waals surface area contributed by atoms with Crippen LogP contribution >= 0.6 is 11.6 Å². The Hall–Kier alpha value is -0.570. The molecular formula is C12H16ClNO. The fourth-order valence-electron chi connectivity index (χ4n) is 1.79. The van der Waals surface area contributed by atoms with Crippen molar-refractivity contribution in [1.82, 2.24) is 5.32 Å². The van der Waals surface area contributed by atoms with Crippen LogP contribution in [-0.2, 0) is 11.3 Å². The Morgan fingerprint density at radius 2 is 2.27 bits per heavy atom. The van der Waals surface area contributed by atoms with Crippen molar-refractivity contribution in [2.24, 2.45) is 0 Å². The molecule has 0 unspecified atom stereocenters. The maximum Gasteiger partial charge on any atom is 0.0735 e. The minimum absolute atomic E-state index is 0.343. The fraction of sp³-hybridized carbons (Fsp3) is 0.500. The molecule has 1 aliphatic rings. The Labute approximate surface area is 95.6 Å². The highest BCUT2D eigenvalue weighted by Gasteiger charge is 2.13. The van der Waals surface area contributed by atoms with E-state index in [1.54, 1.807) is 0 Å². The summed E-state index contributed by atoms with van der Waals surface area (Å²) in [6, 6.07) is 7.84. The zero-order valence-electron chi connectivity index (χ0n) is 8.71. The smallest absolute Gasteiger partial charge is 0.0735 e. The van der Waals surface area contributed by atoms with E-state index in [9.17, 15) is 0 Å². The molecule has 2 nitrogen and oxygen atoms in total. The molecule has 0 saturated carbocycles. The molecule has 1 saturated heterocycles. The van der Waals surface area contributed by atoms with Crippen molar-refractivity contribution >= 4 is 11.6 Å². The first-order valence-corrected chi connectivity index (χ1v) is 5.80. The van der Waals surface area contributed by atoms with Crippen LogP contribution in [0.5, 0.6) is 0 Å².